The second kappa shape index (κ2) is 24.4. The van der Waals surface area contributed by atoms with Crippen LogP contribution in [0.15, 0.2) is 30.3 Å². The van der Waals surface area contributed by atoms with Gasteiger partial charge in [0.05, 0.1) is 0 Å². The maximum Gasteiger partial charge on any atom is 0.306 e. The highest BCUT2D eigenvalue weighted by atomic mass is 16.5. The van der Waals surface area contributed by atoms with Crippen LogP contribution >= 0.6 is 0 Å². The summed E-state index contributed by atoms with van der Waals surface area (Å²) in [7, 11) is 0. The third-order valence-electron chi connectivity index (χ3n) is 7.52. The van der Waals surface area contributed by atoms with Gasteiger partial charge in [-0.3, -0.25) is 4.79 Å². The second-order valence-corrected chi connectivity index (χ2v) is 10.9. The smallest absolute Gasteiger partial charge is 0.306 e. The molecule has 1 rings (SSSR count). The lowest BCUT2D eigenvalue weighted by molar-refractivity contribution is -0.145. The molecule has 0 N–H and O–H groups in total. The molecule has 0 aliphatic carbocycles. The minimum atomic E-state index is -0.0586. The first-order chi connectivity index (χ1) is 17.2. The number of unbranched alkanes of at least 4 members (excludes halogenated alkanes) is 18. The van der Waals surface area contributed by atoms with E-state index in [1.54, 1.807) is 0 Å². The Kier molecular flexibility index (Phi) is 22.1. The van der Waals surface area contributed by atoms with Crippen molar-refractivity contribution in [1.29, 1.82) is 0 Å². The largest absolute Gasteiger partial charge is 0.461 e. The van der Waals surface area contributed by atoms with Crippen LogP contribution in [0.2, 0.25) is 0 Å². The number of rotatable bonds is 25. The van der Waals surface area contributed by atoms with Gasteiger partial charge in [-0.05, 0) is 17.9 Å². The van der Waals surface area contributed by atoms with Crippen LogP contribution in [0.1, 0.15) is 161 Å². The summed E-state index contributed by atoms with van der Waals surface area (Å²) in [5, 5.41) is 0. The van der Waals surface area contributed by atoms with Gasteiger partial charge in [-0.15, -0.1) is 0 Å². The molecule has 0 amide bonds. The zero-order chi connectivity index (χ0) is 25.2. The molecule has 0 aliphatic heterocycles. The van der Waals surface area contributed by atoms with Crippen molar-refractivity contribution in [3.63, 3.8) is 0 Å². The summed E-state index contributed by atoms with van der Waals surface area (Å²) in [6.07, 6.45) is 29.6. The van der Waals surface area contributed by atoms with Crippen molar-refractivity contribution in [1.82, 2.24) is 0 Å². The molecule has 0 saturated heterocycles. The maximum absolute atomic E-state index is 11.8. The van der Waals surface area contributed by atoms with Gasteiger partial charge in [0.15, 0.2) is 0 Å². The lowest BCUT2D eigenvalue weighted by Crippen LogP contribution is -2.04. The molecule has 1 atom stereocenters. The van der Waals surface area contributed by atoms with Crippen molar-refractivity contribution in [3.05, 3.63) is 35.9 Å². The molecule has 35 heavy (non-hydrogen) atoms. The van der Waals surface area contributed by atoms with E-state index in [-0.39, 0.29) is 5.97 Å². The van der Waals surface area contributed by atoms with Crippen LogP contribution in [0.25, 0.3) is 0 Å². The first kappa shape index (κ1) is 31.7. The molecule has 202 valence electrons. The van der Waals surface area contributed by atoms with Crippen LogP contribution in [0, 0.1) is 5.92 Å². The molecule has 0 aliphatic rings. The van der Waals surface area contributed by atoms with Gasteiger partial charge in [-0.2, -0.15) is 0 Å². The Labute approximate surface area is 219 Å². The number of benzene rings is 1. The molecule has 2 nitrogen and oxygen atoms in total. The number of ether oxygens (including phenoxy) is 1. The van der Waals surface area contributed by atoms with E-state index in [2.05, 4.69) is 13.8 Å². The first-order valence-electron chi connectivity index (χ1n) is 15.4. The van der Waals surface area contributed by atoms with Crippen molar-refractivity contribution >= 4 is 5.97 Å². The summed E-state index contributed by atoms with van der Waals surface area (Å²) in [5.74, 6) is 0.873. The summed E-state index contributed by atoms with van der Waals surface area (Å²) in [5.41, 5.74) is 1.06. The Hall–Kier alpha value is -1.31. The SMILES string of the molecule is CCC(C)CCCCCCCCCCCCCCCCCCCCCC(=O)OCc1ccccc1. The summed E-state index contributed by atoms with van der Waals surface area (Å²) in [6.45, 7) is 5.10. The highest BCUT2D eigenvalue weighted by Gasteiger charge is 2.03. The predicted octanol–water partition coefficient (Wildman–Crippen LogP) is 11.0. The summed E-state index contributed by atoms with van der Waals surface area (Å²) >= 11 is 0. The Morgan fingerprint density at radius 1 is 0.629 bits per heavy atom. The van der Waals surface area contributed by atoms with Gasteiger partial charge in [0.25, 0.3) is 0 Å². The lowest BCUT2D eigenvalue weighted by Gasteiger charge is -2.07. The van der Waals surface area contributed by atoms with Crippen LogP contribution in [0.5, 0.6) is 0 Å². The molecule has 1 unspecified atom stereocenters. The first-order valence-corrected chi connectivity index (χ1v) is 15.4. The van der Waals surface area contributed by atoms with E-state index in [4.69, 9.17) is 4.74 Å². The molecule has 0 spiro atoms. The van der Waals surface area contributed by atoms with Crippen molar-refractivity contribution in [2.75, 3.05) is 0 Å². The average molecular weight is 487 g/mol. The van der Waals surface area contributed by atoms with Crippen LogP contribution in [0.4, 0.5) is 0 Å². The van der Waals surface area contributed by atoms with Gasteiger partial charge in [0, 0.05) is 6.42 Å². The number of carbonyl (C=O) groups excluding carboxylic acids is 1. The average Bonchev–Trinajstić information content (AvgIpc) is 2.88. The van der Waals surface area contributed by atoms with Crippen LogP contribution in [0.3, 0.4) is 0 Å². The summed E-state index contributed by atoms with van der Waals surface area (Å²) < 4.78 is 5.34. The molecule has 2 heteroatoms. The highest BCUT2D eigenvalue weighted by molar-refractivity contribution is 5.69. The molecule has 0 bridgehead atoms. The zero-order valence-electron chi connectivity index (χ0n) is 23.5. The quantitative estimate of drug-likeness (QED) is 0.101. The molecular weight excluding hydrogens is 428 g/mol. The molecular formula is C33H58O2. The third kappa shape index (κ3) is 21.7. The van der Waals surface area contributed by atoms with Crippen molar-refractivity contribution in [2.45, 2.75) is 162 Å². The predicted molar refractivity (Wildman–Crippen MR) is 153 cm³/mol. The van der Waals surface area contributed by atoms with Crippen LogP contribution in [-0.4, -0.2) is 5.97 Å². The number of esters is 1. The molecule has 1 aromatic carbocycles. The molecule has 0 radical (unpaired) electrons. The van der Waals surface area contributed by atoms with E-state index in [9.17, 15) is 4.79 Å². The van der Waals surface area contributed by atoms with Crippen molar-refractivity contribution in [2.24, 2.45) is 5.92 Å². The standard InChI is InChI=1S/C33H58O2/c1-3-31(2)26-22-19-17-15-13-11-9-7-5-4-6-8-10-12-14-16-18-20-25-29-33(34)35-30-32-27-23-21-24-28-32/h21,23-24,27-28,31H,3-20,22,25-26,29-30H2,1-2H3. The number of carbonyl (C=O) groups is 1. The molecule has 0 aromatic heterocycles. The topological polar surface area (TPSA) is 26.3 Å². The zero-order valence-corrected chi connectivity index (χ0v) is 23.5. The van der Waals surface area contributed by atoms with Crippen LogP contribution in [-0.2, 0) is 16.1 Å². The van der Waals surface area contributed by atoms with Gasteiger partial charge < -0.3 is 4.74 Å². The minimum absolute atomic E-state index is 0.0586. The summed E-state index contributed by atoms with van der Waals surface area (Å²) in [6, 6.07) is 9.92. The number of hydrogen-bond acceptors (Lipinski definition) is 2. The Morgan fingerprint density at radius 2 is 1.03 bits per heavy atom. The van der Waals surface area contributed by atoms with Crippen LogP contribution < -0.4 is 0 Å². The maximum atomic E-state index is 11.8. The monoisotopic (exact) mass is 486 g/mol. The van der Waals surface area contributed by atoms with Gasteiger partial charge in [-0.25, -0.2) is 0 Å². The van der Waals surface area contributed by atoms with Gasteiger partial charge in [-0.1, -0.05) is 173 Å². The van der Waals surface area contributed by atoms with Gasteiger partial charge in [0.2, 0.25) is 0 Å². The highest BCUT2D eigenvalue weighted by Crippen LogP contribution is 2.16. The minimum Gasteiger partial charge on any atom is -0.461 e. The van der Waals surface area contributed by atoms with Gasteiger partial charge >= 0.3 is 5.97 Å². The van der Waals surface area contributed by atoms with E-state index < -0.39 is 0 Å². The molecule has 0 saturated carbocycles. The van der Waals surface area contributed by atoms with E-state index >= 15 is 0 Å². The number of hydrogen-bond donors (Lipinski definition) is 0. The van der Waals surface area contributed by atoms with E-state index in [0.717, 1.165) is 24.3 Å². The second-order valence-electron chi connectivity index (χ2n) is 10.9. The molecule has 1 aromatic rings. The fourth-order valence-electron chi connectivity index (χ4n) is 4.78. The fourth-order valence-corrected chi connectivity index (χ4v) is 4.78. The van der Waals surface area contributed by atoms with E-state index in [1.807, 2.05) is 30.3 Å². The Morgan fingerprint density at radius 3 is 1.46 bits per heavy atom. The fraction of sp³-hybridized carbons (Fsp3) is 0.788. The molecule has 0 fully saturated rings. The van der Waals surface area contributed by atoms with Crippen molar-refractivity contribution < 1.29 is 9.53 Å². The Balaban J connectivity index is 1.70. The normalized spacial score (nSPS) is 12.1. The summed E-state index contributed by atoms with van der Waals surface area (Å²) in [4.78, 5) is 11.8. The van der Waals surface area contributed by atoms with E-state index in [1.165, 1.54) is 122 Å². The molecule has 0 heterocycles. The van der Waals surface area contributed by atoms with E-state index in [0.29, 0.717) is 13.0 Å². The van der Waals surface area contributed by atoms with Gasteiger partial charge in [0.1, 0.15) is 6.61 Å². The Bertz CT molecular complexity index is 568. The lowest BCUT2D eigenvalue weighted by atomic mass is 9.99. The third-order valence-corrected chi connectivity index (χ3v) is 7.52. The van der Waals surface area contributed by atoms with Crippen molar-refractivity contribution in [3.8, 4) is 0 Å².